The van der Waals surface area contributed by atoms with Crippen LogP contribution < -0.4 is 0 Å². The standard InChI is InChI=1S/C16H11N/c1-13-3-5-14(6-4-13)7-8-15-9-11-16(17-2)12-10-15/h3-6,9-12H,1H3. The summed E-state index contributed by atoms with van der Waals surface area (Å²) in [4.78, 5) is 3.34. The Bertz CT molecular complexity index is 602. The van der Waals surface area contributed by atoms with E-state index in [2.05, 4.69) is 23.6 Å². The minimum Gasteiger partial charge on any atom is -0.238 e. The first-order chi connectivity index (χ1) is 8.28. The summed E-state index contributed by atoms with van der Waals surface area (Å²) in [6.07, 6.45) is 0. The molecule has 0 saturated heterocycles. The Labute approximate surface area is 102 Å². The number of hydrogen-bond donors (Lipinski definition) is 0. The zero-order chi connectivity index (χ0) is 12.1. The highest BCUT2D eigenvalue weighted by Crippen LogP contribution is 2.11. The molecule has 2 aromatic rings. The zero-order valence-electron chi connectivity index (χ0n) is 9.57. The molecule has 0 amide bonds. The maximum Gasteiger partial charge on any atom is 0.187 e. The van der Waals surface area contributed by atoms with Gasteiger partial charge in [-0.25, -0.2) is 4.85 Å². The van der Waals surface area contributed by atoms with Gasteiger partial charge in [0.05, 0.1) is 6.57 Å². The molecular weight excluding hydrogens is 206 g/mol. The Hall–Kier alpha value is -2.51. The van der Waals surface area contributed by atoms with Crippen molar-refractivity contribution in [2.24, 2.45) is 0 Å². The lowest BCUT2D eigenvalue weighted by molar-refractivity contribution is 1.46. The molecule has 0 unspecified atom stereocenters. The molecule has 0 aliphatic rings. The quantitative estimate of drug-likeness (QED) is 0.465. The van der Waals surface area contributed by atoms with Crippen molar-refractivity contribution in [3.05, 3.63) is 76.6 Å². The first-order valence-corrected chi connectivity index (χ1v) is 5.34. The third kappa shape index (κ3) is 2.97. The number of benzene rings is 2. The van der Waals surface area contributed by atoms with Crippen molar-refractivity contribution in [2.75, 3.05) is 0 Å². The van der Waals surface area contributed by atoms with Gasteiger partial charge in [0.15, 0.2) is 5.69 Å². The van der Waals surface area contributed by atoms with Crippen molar-refractivity contribution in [1.82, 2.24) is 0 Å². The predicted molar refractivity (Wildman–Crippen MR) is 69.9 cm³/mol. The SMILES string of the molecule is [C-]#[N+]c1ccc(C#Cc2ccc(C)cc2)cc1. The minimum atomic E-state index is 0.644. The van der Waals surface area contributed by atoms with Crippen molar-refractivity contribution in [3.8, 4) is 11.8 Å². The van der Waals surface area contributed by atoms with Gasteiger partial charge in [-0.3, -0.25) is 0 Å². The molecule has 1 nitrogen and oxygen atoms in total. The van der Waals surface area contributed by atoms with Crippen LogP contribution in [0.2, 0.25) is 0 Å². The maximum absolute atomic E-state index is 6.86. The predicted octanol–water partition coefficient (Wildman–Crippen LogP) is 3.95. The van der Waals surface area contributed by atoms with Crippen LogP contribution in [0.1, 0.15) is 16.7 Å². The number of nitrogens with zero attached hydrogens (tertiary/aromatic N) is 1. The summed E-state index contributed by atoms with van der Waals surface area (Å²) < 4.78 is 0. The molecule has 0 aliphatic heterocycles. The van der Waals surface area contributed by atoms with Gasteiger partial charge >= 0.3 is 0 Å². The van der Waals surface area contributed by atoms with Crippen molar-refractivity contribution in [1.29, 1.82) is 0 Å². The first-order valence-electron chi connectivity index (χ1n) is 5.34. The van der Waals surface area contributed by atoms with Crippen molar-refractivity contribution in [3.63, 3.8) is 0 Å². The van der Waals surface area contributed by atoms with E-state index in [1.165, 1.54) is 5.56 Å². The van der Waals surface area contributed by atoms with Gasteiger partial charge in [0.25, 0.3) is 0 Å². The second-order valence-electron chi connectivity index (χ2n) is 3.77. The van der Waals surface area contributed by atoms with E-state index in [1.807, 2.05) is 36.4 Å². The molecule has 0 aliphatic carbocycles. The molecule has 0 fully saturated rings. The highest BCUT2D eigenvalue weighted by Gasteiger charge is 1.90. The molecule has 0 saturated carbocycles. The van der Waals surface area contributed by atoms with Gasteiger partial charge in [-0.15, -0.1) is 0 Å². The number of rotatable bonds is 0. The molecule has 1 heteroatoms. The summed E-state index contributed by atoms with van der Waals surface area (Å²) >= 11 is 0. The summed E-state index contributed by atoms with van der Waals surface area (Å²) in [5.41, 5.74) is 3.81. The molecular formula is C16H11N. The van der Waals surface area contributed by atoms with Gasteiger partial charge in [0.1, 0.15) is 0 Å². The maximum atomic E-state index is 6.86. The molecule has 0 N–H and O–H groups in total. The summed E-state index contributed by atoms with van der Waals surface area (Å²) in [7, 11) is 0. The van der Waals surface area contributed by atoms with Crippen LogP contribution in [0, 0.1) is 25.3 Å². The minimum absolute atomic E-state index is 0.644. The van der Waals surface area contributed by atoms with Crippen molar-refractivity contribution in [2.45, 2.75) is 6.92 Å². The Morgan fingerprint density at radius 2 is 1.29 bits per heavy atom. The molecule has 0 bridgehead atoms. The second-order valence-corrected chi connectivity index (χ2v) is 3.77. The highest BCUT2D eigenvalue weighted by molar-refractivity contribution is 5.50. The fourth-order valence-electron chi connectivity index (χ4n) is 1.40. The van der Waals surface area contributed by atoms with Gasteiger partial charge in [0.2, 0.25) is 0 Å². The van der Waals surface area contributed by atoms with E-state index >= 15 is 0 Å². The second kappa shape index (κ2) is 5.01. The van der Waals surface area contributed by atoms with Crippen LogP contribution in [-0.2, 0) is 0 Å². The Kier molecular flexibility index (Phi) is 3.24. The van der Waals surface area contributed by atoms with Crippen LogP contribution in [0.25, 0.3) is 4.85 Å². The van der Waals surface area contributed by atoms with E-state index in [-0.39, 0.29) is 0 Å². The third-order valence-electron chi connectivity index (χ3n) is 2.40. The highest BCUT2D eigenvalue weighted by atomic mass is 14.6. The topological polar surface area (TPSA) is 4.36 Å². The zero-order valence-corrected chi connectivity index (χ0v) is 9.57. The van der Waals surface area contributed by atoms with E-state index in [0.29, 0.717) is 5.69 Å². The first kappa shape index (κ1) is 11.0. The lowest BCUT2D eigenvalue weighted by Gasteiger charge is -1.92. The van der Waals surface area contributed by atoms with Gasteiger partial charge in [-0.05, 0) is 19.1 Å². The molecule has 0 atom stereocenters. The lowest BCUT2D eigenvalue weighted by atomic mass is 10.1. The van der Waals surface area contributed by atoms with Gasteiger partial charge < -0.3 is 0 Å². The number of aryl methyl sites for hydroxylation is 1. The fraction of sp³-hybridized carbons (Fsp3) is 0.0625. The summed E-state index contributed by atoms with van der Waals surface area (Å²) in [6.45, 7) is 8.92. The van der Waals surface area contributed by atoms with Crippen molar-refractivity contribution >= 4 is 5.69 Å². The smallest absolute Gasteiger partial charge is 0.187 e. The third-order valence-corrected chi connectivity index (χ3v) is 2.40. The molecule has 80 valence electrons. The van der Waals surface area contributed by atoms with E-state index in [9.17, 15) is 0 Å². The summed E-state index contributed by atoms with van der Waals surface area (Å²) in [6, 6.07) is 15.4. The molecule has 2 aromatic carbocycles. The number of hydrogen-bond acceptors (Lipinski definition) is 0. The monoisotopic (exact) mass is 217 g/mol. The summed E-state index contributed by atoms with van der Waals surface area (Å²) in [5.74, 6) is 6.18. The van der Waals surface area contributed by atoms with Crippen LogP contribution in [0.4, 0.5) is 5.69 Å². The Morgan fingerprint density at radius 1 is 0.824 bits per heavy atom. The fourth-order valence-corrected chi connectivity index (χ4v) is 1.40. The van der Waals surface area contributed by atoms with E-state index < -0.39 is 0 Å². The van der Waals surface area contributed by atoms with Crippen LogP contribution in [-0.4, -0.2) is 0 Å². The summed E-state index contributed by atoms with van der Waals surface area (Å²) in [5, 5.41) is 0. The van der Waals surface area contributed by atoms with Crippen LogP contribution in [0.5, 0.6) is 0 Å². The molecule has 0 heterocycles. The van der Waals surface area contributed by atoms with Gasteiger partial charge in [-0.2, -0.15) is 0 Å². The van der Waals surface area contributed by atoms with E-state index in [1.54, 1.807) is 12.1 Å². The van der Waals surface area contributed by atoms with Crippen LogP contribution in [0.15, 0.2) is 48.5 Å². The molecule has 2 rings (SSSR count). The van der Waals surface area contributed by atoms with Gasteiger partial charge in [-0.1, -0.05) is 53.8 Å². The lowest BCUT2D eigenvalue weighted by Crippen LogP contribution is -1.76. The molecule has 0 radical (unpaired) electrons. The van der Waals surface area contributed by atoms with E-state index in [4.69, 9.17) is 6.57 Å². The molecule has 0 spiro atoms. The van der Waals surface area contributed by atoms with E-state index in [0.717, 1.165) is 11.1 Å². The van der Waals surface area contributed by atoms with Crippen LogP contribution >= 0.6 is 0 Å². The van der Waals surface area contributed by atoms with Crippen molar-refractivity contribution < 1.29 is 0 Å². The Balaban J connectivity index is 2.21. The van der Waals surface area contributed by atoms with Crippen LogP contribution in [0.3, 0.4) is 0 Å². The largest absolute Gasteiger partial charge is 0.238 e. The average Bonchev–Trinajstić information content (AvgIpc) is 2.39. The normalized spacial score (nSPS) is 8.94. The molecule has 17 heavy (non-hydrogen) atoms. The van der Waals surface area contributed by atoms with Gasteiger partial charge in [0, 0.05) is 11.1 Å². The molecule has 0 aromatic heterocycles. The Morgan fingerprint density at radius 3 is 1.76 bits per heavy atom. The average molecular weight is 217 g/mol.